The summed E-state index contributed by atoms with van der Waals surface area (Å²) in [5.41, 5.74) is 2.29. The van der Waals surface area contributed by atoms with Crippen LogP contribution in [0.1, 0.15) is 36.5 Å². The van der Waals surface area contributed by atoms with Gasteiger partial charge in [-0.25, -0.2) is 0 Å². The quantitative estimate of drug-likeness (QED) is 0.642. The Morgan fingerprint density at radius 3 is 2.59 bits per heavy atom. The predicted octanol–water partition coefficient (Wildman–Crippen LogP) is 5.50. The molecule has 0 aromatic heterocycles. The minimum absolute atomic E-state index is 0.204. The van der Waals surface area contributed by atoms with E-state index in [-0.39, 0.29) is 10.7 Å². The number of benzene rings is 2. The van der Waals surface area contributed by atoms with E-state index in [2.05, 4.69) is 34.6 Å². The molecule has 2 aromatic rings. The Morgan fingerprint density at radius 1 is 1.15 bits per heavy atom. The maximum atomic E-state index is 12.3. The van der Waals surface area contributed by atoms with Crippen LogP contribution in [0.25, 0.3) is 0 Å². The van der Waals surface area contributed by atoms with E-state index >= 15 is 0 Å². The second-order valence-electron chi connectivity index (χ2n) is 6.62. The molecule has 1 aliphatic rings. The molecule has 142 valence electrons. The summed E-state index contributed by atoms with van der Waals surface area (Å²) >= 11 is 17.2. The molecular formula is C20H21Cl2N3OS. The standard InChI is InChI=1S/C20H21Cl2N3OS/c1-13-4-2-3-11-25(13)16-8-6-15(7-9-16)23-20(27)24-19(26)17-12-14(21)5-10-18(17)22/h5-10,12-13H,2-4,11H2,1H3,(H2,23,24,26,27)/t13-/m1/s1. The van der Waals surface area contributed by atoms with E-state index in [9.17, 15) is 4.79 Å². The van der Waals surface area contributed by atoms with Gasteiger partial charge in [0.25, 0.3) is 5.91 Å². The molecule has 0 spiro atoms. The highest BCUT2D eigenvalue weighted by Crippen LogP contribution is 2.26. The van der Waals surface area contributed by atoms with Crippen molar-refractivity contribution in [1.82, 2.24) is 5.32 Å². The van der Waals surface area contributed by atoms with Crippen molar-refractivity contribution in [1.29, 1.82) is 0 Å². The van der Waals surface area contributed by atoms with Crippen molar-refractivity contribution in [2.75, 3.05) is 16.8 Å². The number of piperidine rings is 1. The molecule has 2 aromatic carbocycles. The Bertz CT molecular complexity index is 842. The molecular weight excluding hydrogens is 401 g/mol. The van der Waals surface area contributed by atoms with E-state index in [4.69, 9.17) is 35.4 Å². The topological polar surface area (TPSA) is 44.4 Å². The summed E-state index contributed by atoms with van der Waals surface area (Å²) in [5, 5.41) is 6.61. The van der Waals surface area contributed by atoms with Gasteiger partial charge in [0.15, 0.2) is 5.11 Å². The van der Waals surface area contributed by atoms with Crippen LogP contribution in [0.5, 0.6) is 0 Å². The van der Waals surface area contributed by atoms with Gasteiger partial charge in [0.2, 0.25) is 0 Å². The summed E-state index contributed by atoms with van der Waals surface area (Å²) in [6, 6.07) is 13.3. The van der Waals surface area contributed by atoms with Crippen LogP contribution in [0.2, 0.25) is 10.0 Å². The molecule has 0 saturated carbocycles. The summed E-state index contributed by atoms with van der Waals surface area (Å²) in [4.78, 5) is 14.8. The van der Waals surface area contributed by atoms with E-state index in [1.54, 1.807) is 12.1 Å². The van der Waals surface area contributed by atoms with E-state index in [0.29, 0.717) is 16.1 Å². The zero-order chi connectivity index (χ0) is 19.4. The number of hydrogen-bond donors (Lipinski definition) is 2. The van der Waals surface area contributed by atoms with E-state index in [1.807, 2.05) is 12.1 Å². The van der Waals surface area contributed by atoms with Gasteiger partial charge in [-0.05, 0) is 80.9 Å². The summed E-state index contributed by atoms with van der Waals surface area (Å²) in [5.74, 6) is -0.404. The Labute approximate surface area is 174 Å². The highest BCUT2D eigenvalue weighted by atomic mass is 35.5. The number of nitrogens with one attached hydrogen (secondary N) is 2. The van der Waals surface area contributed by atoms with Crippen molar-refractivity contribution >= 4 is 57.8 Å². The number of anilines is 2. The third kappa shape index (κ3) is 5.12. The van der Waals surface area contributed by atoms with Gasteiger partial charge in [-0.1, -0.05) is 23.2 Å². The van der Waals surface area contributed by atoms with Crippen LogP contribution in [0, 0.1) is 0 Å². The number of rotatable bonds is 3. The van der Waals surface area contributed by atoms with Gasteiger partial charge in [0, 0.05) is 29.0 Å². The molecule has 4 nitrogen and oxygen atoms in total. The van der Waals surface area contributed by atoms with Crippen molar-refractivity contribution in [3.8, 4) is 0 Å². The third-order valence-corrected chi connectivity index (χ3v) is 5.43. The van der Waals surface area contributed by atoms with Crippen molar-refractivity contribution in [2.45, 2.75) is 32.2 Å². The minimum atomic E-state index is -0.404. The molecule has 1 heterocycles. The van der Waals surface area contributed by atoms with Crippen LogP contribution in [0.4, 0.5) is 11.4 Å². The van der Waals surface area contributed by atoms with Gasteiger partial charge in [-0.15, -0.1) is 0 Å². The van der Waals surface area contributed by atoms with Crippen LogP contribution in [0.3, 0.4) is 0 Å². The smallest absolute Gasteiger partial charge is 0.258 e. The largest absolute Gasteiger partial charge is 0.369 e. The lowest BCUT2D eigenvalue weighted by molar-refractivity contribution is 0.0978. The lowest BCUT2D eigenvalue weighted by Gasteiger charge is -2.35. The van der Waals surface area contributed by atoms with E-state index in [1.165, 1.54) is 31.0 Å². The van der Waals surface area contributed by atoms with Gasteiger partial charge >= 0.3 is 0 Å². The van der Waals surface area contributed by atoms with Crippen molar-refractivity contribution in [3.05, 3.63) is 58.1 Å². The predicted molar refractivity (Wildman–Crippen MR) is 117 cm³/mol. The summed E-state index contributed by atoms with van der Waals surface area (Å²) in [6.45, 7) is 3.35. The lowest BCUT2D eigenvalue weighted by atomic mass is 10.0. The SMILES string of the molecule is C[C@@H]1CCCCN1c1ccc(NC(=S)NC(=O)c2cc(Cl)ccc2Cl)cc1. The number of nitrogens with zero attached hydrogens (tertiary/aromatic N) is 1. The molecule has 3 rings (SSSR count). The number of halogens is 2. The van der Waals surface area contributed by atoms with Crippen LogP contribution in [-0.2, 0) is 0 Å². The highest BCUT2D eigenvalue weighted by Gasteiger charge is 2.18. The monoisotopic (exact) mass is 421 g/mol. The van der Waals surface area contributed by atoms with Crippen LogP contribution in [-0.4, -0.2) is 23.6 Å². The molecule has 1 amide bonds. The first-order chi connectivity index (χ1) is 12.9. The summed E-state index contributed by atoms with van der Waals surface area (Å²) in [7, 11) is 0. The van der Waals surface area contributed by atoms with Crippen molar-refractivity contribution in [2.24, 2.45) is 0 Å². The van der Waals surface area contributed by atoms with Crippen LogP contribution in [0.15, 0.2) is 42.5 Å². The molecule has 7 heteroatoms. The molecule has 0 bridgehead atoms. The van der Waals surface area contributed by atoms with E-state index < -0.39 is 5.91 Å². The first kappa shape index (κ1) is 19.9. The van der Waals surface area contributed by atoms with Gasteiger partial charge < -0.3 is 10.2 Å². The zero-order valence-electron chi connectivity index (χ0n) is 15.0. The first-order valence-electron chi connectivity index (χ1n) is 8.88. The Hall–Kier alpha value is -1.82. The summed E-state index contributed by atoms with van der Waals surface area (Å²) in [6.07, 6.45) is 3.75. The molecule has 0 unspecified atom stereocenters. The van der Waals surface area contributed by atoms with Crippen LogP contribution < -0.4 is 15.5 Å². The molecule has 0 aliphatic carbocycles. The molecule has 0 radical (unpaired) electrons. The van der Waals surface area contributed by atoms with Gasteiger partial charge in [0.05, 0.1) is 10.6 Å². The zero-order valence-corrected chi connectivity index (χ0v) is 17.3. The van der Waals surface area contributed by atoms with E-state index in [0.717, 1.165) is 12.2 Å². The second kappa shape index (κ2) is 8.91. The minimum Gasteiger partial charge on any atom is -0.369 e. The van der Waals surface area contributed by atoms with Crippen molar-refractivity contribution < 1.29 is 4.79 Å². The lowest BCUT2D eigenvalue weighted by Crippen LogP contribution is -2.37. The fraction of sp³-hybridized carbons (Fsp3) is 0.300. The second-order valence-corrected chi connectivity index (χ2v) is 7.87. The maximum absolute atomic E-state index is 12.3. The Balaban J connectivity index is 1.60. The molecule has 1 atom stereocenters. The fourth-order valence-electron chi connectivity index (χ4n) is 3.22. The van der Waals surface area contributed by atoms with Gasteiger partial charge in [-0.2, -0.15) is 0 Å². The third-order valence-electron chi connectivity index (χ3n) is 4.66. The Kier molecular flexibility index (Phi) is 6.58. The number of thiocarbonyl (C=S) groups is 1. The van der Waals surface area contributed by atoms with Gasteiger partial charge in [0.1, 0.15) is 0 Å². The molecule has 2 N–H and O–H groups in total. The Morgan fingerprint density at radius 2 is 1.89 bits per heavy atom. The number of hydrogen-bond acceptors (Lipinski definition) is 3. The number of amides is 1. The normalized spacial score (nSPS) is 16.7. The number of carbonyl (C=O) groups excluding carboxylic acids is 1. The first-order valence-corrected chi connectivity index (χ1v) is 10.0. The highest BCUT2D eigenvalue weighted by molar-refractivity contribution is 7.80. The average Bonchev–Trinajstić information content (AvgIpc) is 2.65. The average molecular weight is 422 g/mol. The van der Waals surface area contributed by atoms with Gasteiger partial charge in [-0.3, -0.25) is 10.1 Å². The molecule has 1 fully saturated rings. The molecule has 1 aliphatic heterocycles. The summed E-state index contributed by atoms with van der Waals surface area (Å²) < 4.78 is 0. The molecule has 1 saturated heterocycles. The molecule has 27 heavy (non-hydrogen) atoms. The number of carbonyl (C=O) groups is 1. The maximum Gasteiger partial charge on any atom is 0.258 e. The van der Waals surface area contributed by atoms with Crippen molar-refractivity contribution in [3.63, 3.8) is 0 Å². The van der Waals surface area contributed by atoms with Crippen LogP contribution >= 0.6 is 35.4 Å². The fourth-order valence-corrected chi connectivity index (χ4v) is 3.81.